The standard InChI is InChI=1S/C14H15NO/c1-2-3-10-15-11-6-9-14(16)12-7-4-5-8-13(12)15/h1,4-5,7-8H,3,6,9-11H2. The predicted molar refractivity (Wildman–Crippen MR) is 65.7 cm³/mol. The fourth-order valence-corrected chi connectivity index (χ4v) is 2.10. The van der Waals surface area contributed by atoms with E-state index in [0.717, 1.165) is 37.2 Å². The Kier molecular flexibility index (Phi) is 3.26. The highest BCUT2D eigenvalue weighted by atomic mass is 16.1. The Morgan fingerprint density at radius 2 is 2.19 bits per heavy atom. The number of carbonyl (C=O) groups excluding carboxylic acids is 1. The molecule has 1 aliphatic rings. The minimum atomic E-state index is 0.249. The first-order chi connectivity index (χ1) is 7.83. The van der Waals surface area contributed by atoms with E-state index in [0.29, 0.717) is 6.42 Å². The highest BCUT2D eigenvalue weighted by Gasteiger charge is 2.19. The second kappa shape index (κ2) is 4.85. The van der Waals surface area contributed by atoms with E-state index in [1.54, 1.807) is 0 Å². The van der Waals surface area contributed by atoms with Gasteiger partial charge in [0.2, 0.25) is 0 Å². The van der Waals surface area contributed by atoms with Gasteiger partial charge in [0.15, 0.2) is 5.78 Å². The third-order valence-electron chi connectivity index (χ3n) is 2.90. The van der Waals surface area contributed by atoms with Crippen molar-refractivity contribution >= 4 is 11.5 Å². The normalized spacial score (nSPS) is 15.2. The van der Waals surface area contributed by atoms with Gasteiger partial charge < -0.3 is 4.90 Å². The molecule has 2 nitrogen and oxygen atoms in total. The summed E-state index contributed by atoms with van der Waals surface area (Å²) in [6, 6.07) is 7.81. The zero-order valence-electron chi connectivity index (χ0n) is 9.28. The van der Waals surface area contributed by atoms with E-state index in [4.69, 9.17) is 6.42 Å². The number of terminal acetylenes is 1. The predicted octanol–water partition coefficient (Wildman–Crippen LogP) is 2.49. The van der Waals surface area contributed by atoms with Gasteiger partial charge in [-0.2, -0.15) is 0 Å². The van der Waals surface area contributed by atoms with Gasteiger partial charge in [0.05, 0.1) is 0 Å². The molecule has 2 rings (SSSR count). The number of ketones is 1. The molecule has 2 heteroatoms. The van der Waals surface area contributed by atoms with Gasteiger partial charge in [-0.15, -0.1) is 12.3 Å². The van der Waals surface area contributed by atoms with Crippen molar-refractivity contribution in [1.29, 1.82) is 0 Å². The minimum absolute atomic E-state index is 0.249. The van der Waals surface area contributed by atoms with E-state index in [1.807, 2.05) is 24.3 Å². The number of benzene rings is 1. The van der Waals surface area contributed by atoms with Crippen LogP contribution in [0, 0.1) is 12.3 Å². The lowest BCUT2D eigenvalue weighted by molar-refractivity contribution is 0.0984. The molecule has 0 amide bonds. The van der Waals surface area contributed by atoms with Gasteiger partial charge >= 0.3 is 0 Å². The van der Waals surface area contributed by atoms with Gasteiger partial charge in [-0.05, 0) is 18.6 Å². The smallest absolute Gasteiger partial charge is 0.165 e. The van der Waals surface area contributed by atoms with Crippen molar-refractivity contribution in [3.05, 3.63) is 29.8 Å². The first-order valence-corrected chi connectivity index (χ1v) is 5.63. The number of Topliss-reactive ketones (excluding diaryl/α,β-unsaturated/α-hetero) is 1. The fourth-order valence-electron chi connectivity index (χ4n) is 2.10. The maximum absolute atomic E-state index is 11.9. The van der Waals surface area contributed by atoms with Crippen LogP contribution in [-0.2, 0) is 0 Å². The molecular formula is C14H15NO. The van der Waals surface area contributed by atoms with E-state index >= 15 is 0 Å². The van der Waals surface area contributed by atoms with Crippen LogP contribution >= 0.6 is 0 Å². The van der Waals surface area contributed by atoms with E-state index in [9.17, 15) is 4.79 Å². The van der Waals surface area contributed by atoms with Crippen molar-refractivity contribution in [2.45, 2.75) is 19.3 Å². The molecule has 0 aliphatic carbocycles. The number of hydrogen-bond acceptors (Lipinski definition) is 2. The summed E-state index contributed by atoms with van der Waals surface area (Å²) >= 11 is 0. The van der Waals surface area contributed by atoms with Crippen molar-refractivity contribution in [3.63, 3.8) is 0 Å². The Bertz CT molecular complexity index is 431. The Balaban J connectivity index is 2.32. The van der Waals surface area contributed by atoms with E-state index in [2.05, 4.69) is 10.8 Å². The van der Waals surface area contributed by atoms with Gasteiger partial charge in [0.25, 0.3) is 0 Å². The molecule has 0 unspecified atom stereocenters. The molecule has 0 aromatic heterocycles. The molecule has 0 N–H and O–H groups in total. The van der Waals surface area contributed by atoms with Gasteiger partial charge in [-0.3, -0.25) is 4.79 Å². The largest absolute Gasteiger partial charge is 0.370 e. The molecule has 0 saturated carbocycles. The lowest BCUT2D eigenvalue weighted by Crippen LogP contribution is -2.25. The zero-order valence-corrected chi connectivity index (χ0v) is 9.28. The summed E-state index contributed by atoms with van der Waals surface area (Å²) in [5.74, 6) is 2.90. The quantitative estimate of drug-likeness (QED) is 0.703. The Morgan fingerprint density at radius 3 is 3.00 bits per heavy atom. The summed E-state index contributed by atoms with van der Waals surface area (Å²) in [5, 5.41) is 0. The molecule has 1 aromatic carbocycles. The molecule has 0 fully saturated rings. The summed E-state index contributed by atoms with van der Waals surface area (Å²) < 4.78 is 0. The Hall–Kier alpha value is -1.75. The molecule has 0 radical (unpaired) electrons. The monoisotopic (exact) mass is 213 g/mol. The first-order valence-electron chi connectivity index (χ1n) is 5.63. The number of para-hydroxylation sites is 1. The molecule has 0 bridgehead atoms. The number of hydrogen-bond donors (Lipinski definition) is 0. The molecule has 0 spiro atoms. The highest BCUT2D eigenvalue weighted by Crippen LogP contribution is 2.25. The van der Waals surface area contributed by atoms with Gasteiger partial charge in [0.1, 0.15) is 0 Å². The van der Waals surface area contributed by atoms with E-state index < -0.39 is 0 Å². The summed E-state index contributed by atoms with van der Waals surface area (Å²) in [7, 11) is 0. The average Bonchev–Trinajstić information content (AvgIpc) is 2.47. The lowest BCUT2D eigenvalue weighted by atomic mass is 10.1. The van der Waals surface area contributed by atoms with Crippen molar-refractivity contribution < 1.29 is 4.79 Å². The number of carbonyl (C=O) groups is 1. The maximum atomic E-state index is 11.9. The maximum Gasteiger partial charge on any atom is 0.165 e. The zero-order chi connectivity index (χ0) is 11.4. The second-order valence-corrected chi connectivity index (χ2v) is 3.99. The van der Waals surface area contributed by atoms with Crippen molar-refractivity contribution in [2.24, 2.45) is 0 Å². The first kappa shape index (κ1) is 10.8. The lowest BCUT2D eigenvalue weighted by Gasteiger charge is -2.23. The highest BCUT2D eigenvalue weighted by molar-refractivity contribution is 6.01. The van der Waals surface area contributed by atoms with Crippen LogP contribution < -0.4 is 4.90 Å². The van der Waals surface area contributed by atoms with Crippen LogP contribution in [-0.4, -0.2) is 18.9 Å². The molecule has 16 heavy (non-hydrogen) atoms. The SMILES string of the molecule is C#CCCN1CCCC(=O)c2ccccc21. The molecule has 82 valence electrons. The average molecular weight is 213 g/mol. The Morgan fingerprint density at radius 1 is 1.38 bits per heavy atom. The van der Waals surface area contributed by atoms with Crippen LogP contribution in [0.5, 0.6) is 0 Å². The second-order valence-electron chi connectivity index (χ2n) is 3.99. The number of fused-ring (bicyclic) bond motifs is 1. The molecular weight excluding hydrogens is 198 g/mol. The fraction of sp³-hybridized carbons (Fsp3) is 0.357. The summed E-state index contributed by atoms with van der Waals surface area (Å²) in [4.78, 5) is 14.1. The van der Waals surface area contributed by atoms with Crippen LogP contribution in [0.2, 0.25) is 0 Å². The Labute approximate surface area is 96.3 Å². The molecule has 1 aromatic rings. The van der Waals surface area contributed by atoms with E-state index in [1.165, 1.54) is 0 Å². The van der Waals surface area contributed by atoms with Crippen LogP contribution in [0.25, 0.3) is 0 Å². The van der Waals surface area contributed by atoms with E-state index in [-0.39, 0.29) is 5.78 Å². The topological polar surface area (TPSA) is 20.3 Å². The summed E-state index contributed by atoms with van der Waals surface area (Å²) in [6.45, 7) is 1.76. The van der Waals surface area contributed by atoms with Crippen molar-refractivity contribution in [1.82, 2.24) is 0 Å². The van der Waals surface area contributed by atoms with Crippen molar-refractivity contribution in [2.75, 3.05) is 18.0 Å². The summed E-state index contributed by atoms with van der Waals surface area (Å²) in [5.41, 5.74) is 1.89. The third kappa shape index (κ3) is 2.09. The molecule has 0 saturated heterocycles. The van der Waals surface area contributed by atoms with Crippen LogP contribution in [0.1, 0.15) is 29.6 Å². The van der Waals surface area contributed by atoms with Crippen LogP contribution in [0.4, 0.5) is 5.69 Å². The molecule has 0 atom stereocenters. The number of rotatable bonds is 2. The van der Waals surface area contributed by atoms with Crippen LogP contribution in [0.3, 0.4) is 0 Å². The van der Waals surface area contributed by atoms with Gasteiger partial charge in [0, 0.05) is 37.2 Å². The minimum Gasteiger partial charge on any atom is -0.370 e. The number of nitrogens with zero attached hydrogens (tertiary/aromatic N) is 1. The van der Waals surface area contributed by atoms with Gasteiger partial charge in [-0.1, -0.05) is 12.1 Å². The summed E-state index contributed by atoms with van der Waals surface area (Å²) in [6.07, 6.45) is 7.57. The van der Waals surface area contributed by atoms with Crippen LogP contribution in [0.15, 0.2) is 24.3 Å². The molecule has 1 aliphatic heterocycles. The third-order valence-corrected chi connectivity index (χ3v) is 2.90. The molecule has 1 heterocycles. The number of anilines is 1. The van der Waals surface area contributed by atoms with Crippen molar-refractivity contribution in [3.8, 4) is 12.3 Å². The van der Waals surface area contributed by atoms with Gasteiger partial charge in [-0.25, -0.2) is 0 Å².